The average Bonchev–Trinajstić information content (AvgIpc) is 2.61. The molecule has 0 spiro atoms. The molecule has 1 N–H and O–H groups in total. The van der Waals surface area contributed by atoms with E-state index in [4.69, 9.17) is 0 Å². The van der Waals surface area contributed by atoms with E-state index in [2.05, 4.69) is 9.84 Å². The van der Waals surface area contributed by atoms with Crippen molar-refractivity contribution in [3.05, 3.63) is 69.8 Å². The second-order valence-electron chi connectivity index (χ2n) is 4.69. The quantitative estimate of drug-likeness (QED) is 0.360. The Morgan fingerprint density at radius 3 is 2.44 bits per heavy atom. The molecule has 0 aromatic heterocycles. The van der Waals surface area contributed by atoms with Crippen molar-refractivity contribution in [3.8, 4) is 0 Å². The average molecular weight is 363 g/mol. The summed E-state index contributed by atoms with van der Waals surface area (Å²) in [5.74, 6) is -0.499. The highest BCUT2D eigenvalue weighted by Crippen LogP contribution is 2.22. The number of esters is 1. The third kappa shape index (κ3) is 4.38. The van der Waals surface area contributed by atoms with Gasteiger partial charge in [-0.25, -0.2) is 4.79 Å². The topological polar surface area (TPSA) is 128 Å². The van der Waals surface area contributed by atoms with E-state index in [1.807, 2.05) is 4.83 Å². The van der Waals surface area contributed by atoms with E-state index in [1.54, 1.807) is 0 Å². The molecule has 0 amide bonds. The van der Waals surface area contributed by atoms with Crippen LogP contribution >= 0.6 is 0 Å². The number of nitro benzene ring substituents is 1. The van der Waals surface area contributed by atoms with Crippen LogP contribution in [-0.2, 0) is 14.8 Å². The third-order valence-corrected chi connectivity index (χ3v) is 4.34. The van der Waals surface area contributed by atoms with Gasteiger partial charge in [-0.2, -0.15) is 18.4 Å². The maximum Gasteiger partial charge on any atom is 0.337 e. The van der Waals surface area contributed by atoms with Crippen LogP contribution in [-0.4, -0.2) is 32.6 Å². The van der Waals surface area contributed by atoms with Crippen LogP contribution in [0.25, 0.3) is 0 Å². The molecule has 0 radical (unpaired) electrons. The predicted octanol–water partition coefficient (Wildman–Crippen LogP) is 1.69. The molecule has 0 bridgehead atoms. The van der Waals surface area contributed by atoms with Crippen molar-refractivity contribution in [2.75, 3.05) is 7.11 Å². The van der Waals surface area contributed by atoms with Crippen LogP contribution in [0, 0.1) is 10.1 Å². The molecule has 0 saturated heterocycles. The maximum atomic E-state index is 12.1. The van der Waals surface area contributed by atoms with Crippen LogP contribution in [0.3, 0.4) is 0 Å². The predicted molar refractivity (Wildman–Crippen MR) is 88.8 cm³/mol. The van der Waals surface area contributed by atoms with Crippen molar-refractivity contribution in [1.29, 1.82) is 0 Å². The van der Waals surface area contributed by atoms with E-state index in [0.29, 0.717) is 11.1 Å². The van der Waals surface area contributed by atoms with Crippen molar-refractivity contribution in [3.63, 3.8) is 0 Å². The fourth-order valence-corrected chi connectivity index (χ4v) is 2.84. The molecule has 0 heterocycles. The summed E-state index contributed by atoms with van der Waals surface area (Å²) >= 11 is 0. The van der Waals surface area contributed by atoms with Gasteiger partial charge in [0.15, 0.2) is 4.90 Å². The Labute approximate surface area is 143 Å². The Hall–Kier alpha value is -3.27. The zero-order valence-corrected chi connectivity index (χ0v) is 13.8. The number of nitro groups is 1. The lowest BCUT2D eigenvalue weighted by Crippen LogP contribution is -2.19. The fraction of sp³-hybridized carbons (Fsp3) is 0.0667. The number of nitrogens with zero attached hydrogens (tertiary/aromatic N) is 2. The highest BCUT2D eigenvalue weighted by atomic mass is 32.2. The minimum absolute atomic E-state index is 0.333. The van der Waals surface area contributed by atoms with Gasteiger partial charge in [0.2, 0.25) is 0 Å². The number of hydrazone groups is 1. The molecule has 0 aliphatic heterocycles. The van der Waals surface area contributed by atoms with Crippen molar-refractivity contribution in [2.24, 2.45) is 5.10 Å². The maximum absolute atomic E-state index is 12.1. The van der Waals surface area contributed by atoms with Crippen LogP contribution in [0.2, 0.25) is 0 Å². The summed E-state index contributed by atoms with van der Waals surface area (Å²) in [6, 6.07) is 11.0. The summed E-state index contributed by atoms with van der Waals surface area (Å²) in [5.41, 5.74) is 0.297. The van der Waals surface area contributed by atoms with Gasteiger partial charge in [-0.05, 0) is 23.8 Å². The minimum atomic E-state index is -4.20. The van der Waals surface area contributed by atoms with Crippen LogP contribution in [0.5, 0.6) is 0 Å². The van der Waals surface area contributed by atoms with Crippen molar-refractivity contribution < 1.29 is 22.9 Å². The van der Waals surface area contributed by atoms with Gasteiger partial charge >= 0.3 is 5.97 Å². The molecule has 2 aromatic carbocycles. The van der Waals surface area contributed by atoms with Crippen LogP contribution in [0.4, 0.5) is 5.69 Å². The monoisotopic (exact) mass is 363 g/mol. The number of rotatable bonds is 6. The number of methoxy groups -OCH3 is 1. The van der Waals surface area contributed by atoms with E-state index in [9.17, 15) is 23.3 Å². The van der Waals surface area contributed by atoms with Crippen LogP contribution in [0.15, 0.2) is 58.5 Å². The van der Waals surface area contributed by atoms with E-state index >= 15 is 0 Å². The number of benzene rings is 2. The summed E-state index contributed by atoms with van der Waals surface area (Å²) in [7, 11) is -2.94. The molecule has 0 atom stereocenters. The molecule has 0 aliphatic carbocycles. The highest BCUT2D eigenvalue weighted by molar-refractivity contribution is 7.89. The Balaban J connectivity index is 2.16. The lowest BCUT2D eigenvalue weighted by atomic mass is 10.1. The molecule has 130 valence electrons. The Morgan fingerprint density at radius 2 is 1.84 bits per heavy atom. The Kier molecular flexibility index (Phi) is 5.45. The lowest BCUT2D eigenvalue weighted by Gasteiger charge is -2.04. The van der Waals surface area contributed by atoms with Crippen molar-refractivity contribution in [2.45, 2.75) is 4.90 Å². The molecule has 0 unspecified atom stereocenters. The van der Waals surface area contributed by atoms with Crippen molar-refractivity contribution in [1.82, 2.24) is 4.83 Å². The number of hydrogen-bond acceptors (Lipinski definition) is 7. The largest absolute Gasteiger partial charge is 0.465 e. The van der Waals surface area contributed by atoms with Gasteiger partial charge in [0.1, 0.15) is 0 Å². The first kappa shape index (κ1) is 18.1. The zero-order chi connectivity index (χ0) is 18.4. The summed E-state index contributed by atoms with van der Waals surface area (Å²) in [6.45, 7) is 0. The fourth-order valence-electron chi connectivity index (χ4n) is 1.88. The number of hydrogen-bond donors (Lipinski definition) is 1. The molecule has 10 heteroatoms. The van der Waals surface area contributed by atoms with Gasteiger partial charge in [-0.1, -0.05) is 24.3 Å². The second kappa shape index (κ2) is 7.53. The van der Waals surface area contributed by atoms with Gasteiger partial charge in [0.05, 0.1) is 23.8 Å². The smallest absolute Gasteiger partial charge is 0.337 e. The molecule has 9 nitrogen and oxygen atoms in total. The SMILES string of the molecule is COC(=O)c1ccc(/C=N/NS(=O)(=O)c2ccccc2[N+](=O)[O-])cc1. The number of nitrogens with one attached hydrogen (secondary N) is 1. The summed E-state index contributed by atoms with van der Waals surface area (Å²) in [4.78, 5) is 22.9. The van der Waals surface area contributed by atoms with Gasteiger partial charge in [-0.3, -0.25) is 10.1 Å². The molecule has 2 aromatic rings. The normalized spacial score (nSPS) is 11.2. The molecular weight excluding hydrogens is 350 g/mol. The standard InChI is InChI=1S/C15H13N3O6S/c1-24-15(19)12-8-6-11(7-9-12)10-16-17-25(22,23)14-5-3-2-4-13(14)18(20)21/h2-10,17H,1H3/b16-10+. The zero-order valence-electron chi connectivity index (χ0n) is 12.9. The Morgan fingerprint density at radius 1 is 1.20 bits per heavy atom. The number of carbonyl (C=O) groups is 1. The van der Waals surface area contributed by atoms with Gasteiger partial charge in [0.25, 0.3) is 15.7 Å². The molecule has 2 rings (SSSR count). The van der Waals surface area contributed by atoms with Crippen LogP contribution in [0.1, 0.15) is 15.9 Å². The molecule has 25 heavy (non-hydrogen) atoms. The first-order chi connectivity index (χ1) is 11.8. The summed E-state index contributed by atoms with van der Waals surface area (Å²) < 4.78 is 28.8. The molecule has 0 fully saturated rings. The van der Waals surface area contributed by atoms with E-state index in [0.717, 1.165) is 12.1 Å². The highest BCUT2D eigenvalue weighted by Gasteiger charge is 2.24. The second-order valence-corrected chi connectivity index (χ2v) is 6.32. The number of ether oxygens (including phenoxy) is 1. The minimum Gasteiger partial charge on any atom is -0.465 e. The first-order valence-electron chi connectivity index (χ1n) is 6.82. The first-order valence-corrected chi connectivity index (χ1v) is 8.30. The molecular formula is C15H13N3O6S. The van der Waals surface area contributed by atoms with Gasteiger partial charge < -0.3 is 4.74 Å². The number of carbonyl (C=O) groups excluding carboxylic acids is 1. The third-order valence-electron chi connectivity index (χ3n) is 3.07. The summed E-state index contributed by atoms with van der Waals surface area (Å²) in [6.07, 6.45) is 1.20. The number of sulfonamides is 1. The van der Waals surface area contributed by atoms with E-state index in [1.165, 1.54) is 49.7 Å². The van der Waals surface area contributed by atoms with Crippen molar-refractivity contribution >= 4 is 27.9 Å². The lowest BCUT2D eigenvalue weighted by molar-refractivity contribution is -0.387. The molecule has 0 saturated carbocycles. The van der Waals surface area contributed by atoms with Gasteiger partial charge in [-0.15, -0.1) is 0 Å². The van der Waals surface area contributed by atoms with E-state index < -0.39 is 31.5 Å². The van der Waals surface area contributed by atoms with E-state index in [-0.39, 0.29) is 0 Å². The summed E-state index contributed by atoms with van der Waals surface area (Å²) in [5, 5.41) is 14.5. The Bertz CT molecular complexity index is 923. The van der Waals surface area contributed by atoms with Gasteiger partial charge in [0, 0.05) is 6.07 Å². The molecule has 0 aliphatic rings. The number of para-hydroxylation sites is 1. The van der Waals surface area contributed by atoms with Crippen LogP contribution < -0.4 is 4.83 Å².